The van der Waals surface area contributed by atoms with Crippen LogP contribution in [-0.2, 0) is 11.3 Å². The van der Waals surface area contributed by atoms with E-state index >= 15 is 0 Å². The number of amides is 1. The van der Waals surface area contributed by atoms with E-state index in [-0.39, 0.29) is 11.9 Å². The minimum Gasteiger partial charge on any atom is -0.380 e. The largest absolute Gasteiger partial charge is 0.380 e. The summed E-state index contributed by atoms with van der Waals surface area (Å²) in [6, 6.07) is 7.84. The minimum absolute atomic E-state index is 0.0908. The van der Waals surface area contributed by atoms with Crippen LogP contribution in [0.2, 0.25) is 0 Å². The fraction of sp³-hybridized carbons (Fsp3) is 0.533. The number of ether oxygens (including phenoxy) is 1. The molecule has 2 N–H and O–H groups in total. The fourth-order valence-corrected chi connectivity index (χ4v) is 2.64. The van der Waals surface area contributed by atoms with E-state index in [0.29, 0.717) is 13.2 Å². The van der Waals surface area contributed by atoms with E-state index in [0.717, 1.165) is 36.9 Å². The molecule has 1 fully saturated rings. The van der Waals surface area contributed by atoms with Crippen LogP contribution in [-0.4, -0.2) is 37.0 Å². The normalized spacial score (nSPS) is 19.5. The summed E-state index contributed by atoms with van der Waals surface area (Å²) in [4.78, 5) is 14.5. The molecular weight excluding hydrogens is 240 g/mol. The van der Waals surface area contributed by atoms with E-state index in [1.165, 1.54) is 0 Å². The second kappa shape index (κ2) is 6.68. The monoisotopic (exact) mass is 262 g/mol. The zero-order valence-corrected chi connectivity index (χ0v) is 11.5. The SMILES string of the molecule is COCc1cccc(C(=O)N2CCCCC2CN)c1. The molecule has 19 heavy (non-hydrogen) atoms. The summed E-state index contributed by atoms with van der Waals surface area (Å²) >= 11 is 0. The number of hydrogen-bond acceptors (Lipinski definition) is 3. The van der Waals surface area contributed by atoms with E-state index in [9.17, 15) is 4.79 Å². The molecule has 1 aromatic carbocycles. The highest BCUT2D eigenvalue weighted by Crippen LogP contribution is 2.19. The van der Waals surface area contributed by atoms with Crippen LogP contribution in [0.25, 0.3) is 0 Å². The molecule has 1 unspecified atom stereocenters. The van der Waals surface area contributed by atoms with Crippen molar-refractivity contribution < 1.29 is 9.53 Å². The van der Waals surface area contributed by atoms with Crippen LogP contribution in [0.3, 0.4) is 0 Å². The lowest BCUT2D eigenvalue weighted by molar-refractivity contribution is 0.0623. The van der Waals surface area contributed by atoms with Gasteiger partial charge < -0.3 is 15.4 Å². The Kier molecular flexibility index (Phi) is 4.93. The van der Waals surface area contributed by atoms with Crippen LogP contribution < -0.4 is 5.73 Å². The van der Waals surface area contributed by atoms with E-state index < -0.39 is 0 Å². The predicted molar refractivity (Wildman–Crippen MR) is 74.9 cm³/mol. The van der Waals surface area contributed by atoms with Crippen LogP contribution in [0.4, 0.5) is 0 Å². The molecule has 0 bridgehead atoms. The van der Waals surface area contributed by atoms with Gasteiger partial charge in [-0.05, 0) is 37.0 Å². The molecule has 1 heterocycles. The van der Waals surface area contributed by atoms with Crippen LogP contribution in [0, 0.1) is 0 Å². The zero-order chi connectivity index (χ0) is 13.7. The van der Waals surface area contributed by atoms with Crippen molar-refractivity contribution in [2.75, 3.05) is 20.2 Å². The highest BCUT2D eigenvalue weighted by atomic mass is 16.5. The molecule has 1 atom stereocenters. The molecule has 4 nitrogen and oxygen atoms in total. The topological polar surface area (TPSA) is 55.6 Å². The van der Waals surface area contributed by atoms with Crippen molar-refractivity contribution in [2.24, 2.45) is 5.73 Å². The average molecular weight is 262 g/mol. The molecule has 0 saturated carbocycles. The van der Waals surface area contributed by atoms with Crippen molar-refractivity contribution in [3.05, 3.63) is 35.4 Å². The molecule has 1 aromatic rings. The Morgan fingerprint density at radius 2 is 2.32 bits per heavy atom. The summed E-state index contributed by atoms with van der Waals surface area (Å²) in [5.41, 5.74) is 7.53. The first-order valence-corrected chi connectivity index (χ1v) is 6.85. The number of methoxy groups -OCH3 is 1. The summed E-state index contributed by atoms with van der Waals surface area (Å²) in [5, 5.41) is 0. The van der Waals surface area contributed by atoms with Crippen molar-refractivity contribution in [3.63, 3.8) is 0 Å². The molecule has 0 spiro atoms. The number of hydrogen-bond donors (Lipinski definition) is 1. The number of likely N-dealkylation sites (tertiary alicyclic amines) is 1. The summed E-state index contributed by atoms with van der Waals surface area (Å²) in [7, 11) is 1.66. The number of carbonyl (C=O) groups is 1. The second-order valence-corrected chi connectivity index (χ2v) is 5.02. The summed E-state index contributed by atoms with van der Waals surface area (Å²) in [6.07, 6.45) is 3.25. The maximum Gasteiger partial charge on any atom is 0.254 e. The number of rotatable bonds is 4. The van der Waals surface area contributed by atoms with Crippen LogP contribution >= 0.6 is 0 Å². The fourth-order valence-electron chi connectivity index (χ4n) is 2.64. The third-order valence-electron chi connectivity index (χ3n) is 3.65. The van der Waals surface area contributed by atoms with Gasteiger partial charge in [0.2, 0.25) is 0 Å². The highest BCUT2D eigenvalue weighted by Gasteiger charge is 2.26. The molecular formula is C15H22N2O2. The average Bonchev–Trinajstić information content (AvgIpc) is 2.47. The summed E-state index contributed by atoms with van der Waals surface area (Å²) in [6.45, 7) is 1.89. The second-order valence-electron chi connectivity index (χ2n) is 5.02. The van der Waals surface area contributed by atoms with Crippen LogP contribution in [0.5, 0.6) is 0 Å². The lowest BCUT2D eigenvalue weighted by atomic mass is 10.0. The van der Waals surface area contributed by atoms with Gasteiger partial charge in [0.05, 0.1) is 6.61 Å². The first kappa shape index (κ1) is 14.0. The number of benzene rings is 1. The number of nitrogens with zero attached hydrogens (tertiary/aromatic N) is 1. The summed E-state index contributed by atoms with van der Waals surface area (Å²) in [5.74, 6) is 0.0908. The zero-order valence-electron chi connectivity index (χ0n) is 11.5. The Morgan fingerprint density at radius 3 is 3.05 bits per heavy atom. The molecule has 104 valence electrons. The van der Waals surface area contributed by atoms with E-state index in [1.54, 1.807) is 7.11 Å². The molecule has 0 radical (unpaired) electrons. The smallest absolute Gasteiger partial charge is 0.254 e. The lowest BCUT2D eigenvalue weighted by Gasteiger charge is -2.35. The molecule has 1 saturated heterocycles. The van der Waals surface area contributed by atoms with Crippen molar-refractivity contribution in [2.45, 2.75) is 31.9 Å². The summed E-state index contributed by atoms with van der Waals surface area (Å²) < 4.78 is 5.11. The van der Waals surface area contributed by atoms with Gasteiger partial charge >= 0.3 is 0 Å². The highest BCUT2D eigenvalue weighted by molar-refractivity contribution is 5.94. The number of carbonyl (C=O) groups excluding carboxylic acids is 1. The van der Waals surface area contributed by atoms with Crippen molar-refractivity contribution >= 4 is 5.91 Å². The predicted octanol–water partition coefficient (Wildman–Crippen LogP) is 1.79. The third kappa shape index (κ3) is 3.33. The Balaban J connectivity index is 2.15. The third-order valence-corrected chi connectivity index (χ3v) is 3.65. The molecule has 0 aliphatic carbocycles. The quantitative estimate of drug-likeness (QED) is 0.900. The van der Waals surface area contributed by atoms with Crippen LogP contribution in [0.1, 0.15) is 35.2 Å². The molecule has 1 amide bonds. The van der Waals surface area contributed by atoms with Gasteiger partial charge in [-0.3, -0.25) is 4.79 Å². The maximum atomic E-state index is 12.6. The minimum atomic E-state index is 0.0908. The van der Waals surface area contributed by atoms with Gasteiger partial charge in [-0.1, -0.05) is 12.1 Å². The first-order chi connectivity index (χ1) is 9.26. The van der Waals surface area contributed by atoms with Gasteiger partial charge in [0.25, 0.3) is 5.91 Å². The molecule has 2 rings (SSSR count). The van der Waals surface area contributed by atoms with E-state index in [1.807, 2.05) is 29.2 Å². The molecule has 4 heteroatoms. The van der Waals surface area contributed by atoms with Gasteiger partial charge in [0.15, 0.2) is 0 Å². The van der Waals surface area contributed by atoms with Crippen LogP contribution in [0.15, 0.2) is 24.3 Å². The van der Waals surface area contributed by atoms with Crippen molar-refractivity contribution in [1.82, 2.24) is 4.90 Å². The van der Waals surface area contributed by atoms with Gasteiger partial charge in [-0.15, -0.1) is 0 Å². The van der Waals surface area contributed by atoms with Crippen molar-refractivity contribution in [1.29, 1.82) is 0 Å². The lowest BCUT2D eigenvalue weighted by Crippen LogP contribution is -2.47. The Labute approximate surface area is 114 Å². The molecule has 1 aliphatic heterocycles. The van der Waals surface area contributed by atoms with E-state index in [4.69, 9.17) is 10.5 Å². The van der Waals surface area contributed by atoms with Gasteiger partial charge in [0.1, 0.15) is 0 Å². The standard InChI is InChI=1S/C15H22N2O2/c1-19-11-12-5-4-6-13(9-12)15(18)17-8-3-2-7-14(17)10-16/h4-6,9,14H,2-3,7-8,10-11,16H2,1H3. The van der Waals surface area contributed by atoms with Gasteiger partial charge in [-0.2, -0.15) is 0 Å². The van der Waals surface area contributed by atoms with E-state index in [2.05, 4.69) is 0 Å². The maximum absolute atomic E-state index is 12.6. The number of piperidine rings is 1. The van der Waals surface area contributed by atoms with Crippen molar-refractivity contribution in [3.8, 4) is 0 Å². The molecule has 1 aliphatic rings. The Morgan fingerprint density at radius 1 is 1.47 bits per heavy atom. The Bertz CT molecular complexity index is 434. The van der Waals surface area contributed by atoms with Gasteiger partial charge in [0, 0.05) is 31.8 Å². The number of nitrogens with two attached hydrogens (primary N) is 1. The van der Waals surface area contributed by atoms with Gasteiger partial charge in [-0.25, -0.2) is 0 Å². The first-order valence-electron chi connectivity index (χ1n) is 6.85. The molecule has 0 aromatic heterocycles. The Hall–Kier alpha value is -1.39.